The van der Waals surface area contributed by atoms with E-state index in [2.05, 4.69) is 32.3 Å². The number of esters is 1. The quantitative estimate of drug-likeness (QED) is 0.627. The summed E-state index contributed by atoms with van der Waals surface area (Å²) in [4.78, 5) is 15.3. The second-order valence-corrected chi connectivity index (χ2v) is 4.56. The number of halogens is 1. The summed E-state index contributed by atoms with van der Waals surface area (Å²) in [6, 6.07) is 10.9. The molecule has 1 aromatic carbocycles. The molecule has 0 radical (unpaired) electrons. The average molecular weight is 355 g/mol. The van der Waals surface area contributed by atoms with Crippen LogP contribution in [0.4, 0.5) is 0 Å². The first-order chi connectivity index (χ1) is 8.70. The molecule has 4 nitrogen and oxygen atoms in total. The fourth-order valence-corrected chi connectivity index (χ4v) is 1.84. The smallest absolute Gasteiger partial charge is 0.356 e. The maximum absolute atomic E-state index is 11.3. The second kappa shape index (κ2) is 5.81. The lowest BCUT2D eigenvalue weighted by Crippen LogP contribution is -2.03. The number of methoxy groups -OCH3 is 1. The first kappa shape index (κ1) is 12.8. The third-order valence-corrected chi connectivity index (χ3v) is 3.08. The number of nitrogens with zero attached hydrogens (tertiary/aromatic N) is 1. The van der Waals surface area contributed by atoms with Crippen LogP contribution >= 0.6 is 22.6 Å². The summed E-state index contributed by atoms with van der Waals surface area (Å²) >= 11 is 2.18. The maximum Gasteiger partial charge on any atom is 0.356 e. The molecule has 0 fully saturated rings. The van der Waals surface area contributed by atoms with E-state index in [0.717, 1.165) is 9.32 Å². The van der Waals surface area contributed by atoms with Gasteiger partial charge in [-0.25, -0.2) is 9.78 Å². The lowest BCUT2D eigenvalue weighted by molar-refractivity contribution is 0.0593. The zero-order valence-corrected chi connectivity index (χ0v) is 11.7. The van der Waals surface area contributed by atoms with Gasteiger partial charge in [-0.3, -0.25) is 0 Å². The third-order valence-electron chi connectivity index (χ3n) is 2.19. The molecule has 0 unspecified atom stereocenters. The fourth-order valence-electron chi connectivity index (χ4n) is 1.35. The van der Waals surface area contributed by atoms with Crippen molar-refractivity contribution in [2.24, 2.45) is 0 Å². The molecule has 0 saturated heterocycles. The Hall–Kier alpha value is -1.63. The Balaban J connectivity index is 2.25. The van der Waals surface area contributed by atoms with Gasteiger partial charge in [0.25, 0.3) is 0 Å². The van der Waals surface area contributed by atoms with E-state index in [1.54, 1.807) is 12.1 Å². The molecule has 0 amide bonds. The molecule has 2 aromatic rings. The maximum atomic E-state index is 11.3. The normalized spacial score (nSPS) is 9.89. The van der Waals surface area contributed by atoms with E-state index in [1.807, 2.05) is 24.3 Å². The first-order valence-corrected chi connectivity index (χ1v) is 6.25. The molecule has 0 bridgehead atoms. The van der Waals surface area contributed by atoms with Crippen molar-refractivity contribution in [2.45, 2.75) is 0 Å². The molecule has 0 spiro atoms. The molecule has 0 aliphatic rings. The fraction of sp³-hybridized carbons (Fsp3) is 0.0769. The molecule has 0 N–H and O–H groups in total. The number of aromatic nitrogens is 1. The highest BCUT2D eigenvalue weighted by molar-refractivity contribution is 14.1. The molecule has 2 rings (SSSR count). The summed E-state index contributed by atoms with van der Waals surface area (Å²) in [5, 5.41) is 0. The van der Waals surface area contributed by atoms with E-state index >= 15 is 0 Å². The predicted octanol–water partition coefficient (Wildman–Crippen LogP) is 3.27. The number of carbonyl (C=O) groups excluding carboxylic acids is 1. The molecule has 5 heteroatoms. The molecule has 1 aromatic heterocycles. The summed E-state index contributed by atoms with van der Waals surface area (Å²) in [6.07, 6.45) is 1.51. The number of hydrogen-bond acceptors (Lipinski definition) is 4. The van der Waals surface area contributed by atoms with Crippen LogP contribution in [0.2, 0.25) is 0 Å². The highest BCUT2D eigenvalue weighted by atomic mass is 127. The lowest BCUT2D eigenvalue weighted by Gasteiger charge is -2.07. The number of hydrogen-bond donors (Lipinski definition) is 0. The van der Waals surface area contributed by atoms with Gasteiger partial charge in [0.15, 0.2) is 5.69 Å². The van der Waals surface area contributed by atoms with Crippen molar-refractivity contribution in [1.82, 2.24) is 4.98 Å². The molecule has 0 aliphatic carbocycles. The van der Waals surface area contributed by atoms with E-state index in [0.29, 0.717) is 5.75 Å². The molecule has 0 aliphatic heterocycles. The summed E-state index contributed by atoms with van der Waals surface area (Å²) in [6.45, 7) is 0. The molecule has 92 valence electrons. The van der Waals surface area contributed by atoms with E-state index in [4.69, 9.17) is 4.74 Å². The molecular formula is C13H10INO3. The van der Waals surface area contributed by atoms with Crippen LogP contribution in [0.25, 0.3) is 0 Å². The topological polar surface area (TPSA) is 48.4 Å². The zero-order valence-electron chi connectivity index (χ0n) is 9.59. The van der Waals surface area contributed by atoms with Crippen LogP contribution < -0.4 is 4.74 Å². The Bertz CT molecular complexity index is 572. The van der Waals surface area contributed by atoms with Crippen LogP contribution in [0, 0.1) is 3.57 Å². The van der Waals surface area contributed by atoms with Gasteiger partial charge < -0.3 is 9.47 Å². The summed E-state index contributed by atoms with van der Waals surface area (Å²) in [5.74, 6) is 0.804. The second-order valence-electron chi connectivity index (χ2n) is 3.40. The van der Waals surface area contributed by atoms with Crippen LogP contribution in [-0.4, -0.2) is 18.1 Å². The van der Waals surface area contributed by atoms with Gasteiger partial charge >= 0.3 is 5.97 Å². The van der Waals surface area contributed by atoms with Crippen molar-refractivity contribution >= 4 is 28.6 Å². The van der Waals surface area contributed by atoms with Gasteiger partial charge in [0.2, 0.25) is 0 Å². The van der Waals surface area contributed by atoms with E-state index in [-0.39, 0.29) is 5.69 Å². The minimum absolute atomic E-state index is 0.223. The Morgan fingerprint density at radius 3 is 2.78 bits per heavy atom. The number of benzene rings is 1. The third kappa shape index (κ3) is 2.98. The van der Waals surface area contributed by atoms with Crippen molar-refractivity contribution in [3.8, 4) is 11.5 Å². The van der Waals surface area contributed by atoms with E-state index < -0.39 is 5.97 Å². The summed E-state index contributed by atoms with van der Waals surface area (Å²) in [7, 11) is 1.32. The molecule has 0 atom stereocenters. The Morgan fingerprint density at radius 1 is 1.28 bits per heavy atom. The summed E-state index contributed by atoms with van der Waals surface area (Å²) in [5.41, 5.74) is 0.223. The first-order valence-electron chi connectivity index (χ1n) is 5.17. The van der Waals surface area contributed by atoms with Crippen LogP contribution in [0.5, 0.6) is 11.5 Å². The Kier molecular flexibility index (Phi) is 4.14. The molecule has 1 heterocycles. The Morgan fingerprint density at radius 2 is 2.06 bits per heavy atom. The van der Waals surface area contributed by atoms with Crippen molar-refractivity contribution in [3.63, 3.8) is 0 Å². The van der Waals surface area contributed by atoms with Crippen LogP contribution in [-0.2, 0) is 4.74 Å². The van der Waals surface area contributed by atoms with Gasteiger partial charge in [0, 0.05) is 12.3 Å². The standard InChI is InChI=1S/C13H10INO3/c1-17-13(16)11-8-9(6-7-15-11)18-12-5-3-2-4-10(12)14/h2-8H,1H3. The average Bonchev–Trinajstić information content (AvgIpc) is 2.41. The largest absolute Gasteiger partial charge is 0.464 e. The van der Waals surface area contributed by atoms with Gasteiger partial charge in [0.1, 0.15) is 11.5 Å². The van der Waals surface area contributed by atoms with Crippen molar-refractivity contribution in [2.75, 3.05) is 7.11 Å². The van der Waals surface area contributed by atoms with Crippen LogP contribution in [0.1, 0.15) is 10.5 Å². The number of carbonyl (C=O) groups is 1. The van der Waals surface area contributed by atoms with Gasteiger partial charge in [0.05, 0.1) is 10.7 Å². The highest BCUT2D eigenvalue weighted by Gasteiger charge is 2.09. The van der Waals surface area contributed by atoms with Crippen molar-refractivity contribution in [3.05, 3.63) is 51.9 Å². The highest BCUT2D eigenvalue weighted by Crippen LogP contribution is 2.26. The molecule has 0 saturated carbocycles. The number of para-hydroxylation sites is 1. The van der Waals surface area contributed by atoms with Crippen LogP contribution in [0.3, 0.4) is 0 Å². The minimum Gasteiger partial charge on any atom is -0.464 e. The van der Waals surface area contributed by atoms with Crippen molar-refractivity contribution in [1.29, 1.82) is 0 Å². The van der Waals surface area contributed by atoms with Gasteiger partial charge in [-0.05, 0) is 40.8 Å². The van der Waals surface area contributed by atoms with E-state index in [1.165, 1.54) is 13.3 Å². The lowest BCUT2D eigenvalue weighted by atomic mass is 10.3. The van der Waals surface area contributed by atoms with Crippen molar-refractivity contribution < 1.29 is 14.3 Å². The van der Waals surface area contributed by atoms with Gasteiger partial charge in [-0.15, -0.1) is 0 Å². The predicted molar refractivity (Wildman–Crippen MR) is 74.8 cm³/mol. The Labute approximate surface area is 118 Å². The minimum atomic E-state index is -0.483. The molecule has 18 heavy (non-hydrogen) atoms. The number of ether oxygens (including phenoxy) is 2. The van der Waals surface area contributed by atoms with Crippen LogP contribution in [0.15, 0.2) is 42.6 Å². The van der Waals surface area contributed by atoms with Gasteiger partial charge in [-0.1, -0.05) is 12.1 Å². The monoisotopic (exact) mass is 355 g/mol. The van der Waals surface area contributed by atoms with Gasteiger partial charge in [-0.2, -0.15) is 0 Å². The number of pyridine rings is 1. The molecular weight excluding hydrogens is 345 g/mol. The SMILES string of the molecule is COC(=O)c1cc(Oc2ccccc2I)ccn1. The number of rotatable bonds is 3. The zero-order chi connectivity index (χ0) is 13.0. The summed E-state index contributed by atoms with van der Waals surface area (Å²) < 4.78 is 11.3. The van der Waals surface area contributed by atoms with E-state index in [9.17, 15) is 4.79 Å².